The molecule has 7 nitrogen and oxygen atoms in total. The Morgan fingerprint density at radius 1 is 0.806 bits per heavy atom. The second-order valence-corrected chi connectivity index (χ2v) is 10.8. The van der Waals surface area contributed by atoms with E-state index in [4.69, 9.17) is 9.72 Å². The summed E-state index contributed by atoms with van der Waals surface area (Å²) in [6.07, 6.45) is 8.60. The molecular formula is C29H32N6O. The van der Waals surface area contributed by atoms with Crippen molar-refractivity contribution in [3.63, 3.8) is 0 Å². The molecular weight excluding hydrogens is 448 g/mol. The van der Waals surface area contributed by atoms with E-state index >= 15 is 0 Å². The van der Waals surface area contributed by atoms with Crippen LogP contribution in [0.2, 0.25) is 0 Å². The first-order valence-electron chi connectivity index (χ1n) is 13.1. The van der Waals surface area contributed by atoms with Crippen molar-refractivity contribution in [2.75, 3.05) is 13.1 Å². The second kappa shape index (κ2) is 8.32. The Morgan fingerprint density at radius 3 is 2.42 bits per heavy atom. The number of rotatable bonds is 4. The Hall–Kier alpha value is -3.42. The molecule has 0 bridgehead atoms. The molecule has 2 fully saturated rings. The van der Waals surface area contributed by atoms with E-state index in [1.807, 2.05) is 12.4 Å². The van der Waals surface area contributed by atoms with Crippen molar-refractivity contribution >= 4 is 0 Å². The maximum Gasteiger partial charge on any atom is 0.137 e. The van der Waals surface area contributed by atoms with Crippen LogP contribution in [0.4, 0.5) is 0 Å². The standard InChI is InChI=1S/C29H32N6O/c1-29(2)19-9-7-17(23-15-33-28(34-23)22-6-4-12-31-22)14-26(19)36-25-10-8-18(13-20(25)29)27-32-16-24(35-27)21-5-3-11-30-21/h7-10,13-16,21-22,30-31H,3-6,11-12H2,1-2H3,(H,32,35)(H,33,34). The summed E-state index contributed by atoms with van der Waals surface area (Å²) in [5.41, 5.74) is 6.52. The Bertz CT molecular complexity index is 1420. The van der Waals surface area contributed by atoms with Crippen LogP contribution in [0, 0.1) is 0 Å². The number of nitrogens with one attached hydrogen (secondary N) is 4. The molecule has 0 saturated carbocycles. The zero-order chi connectivity index (χ0) is 24.3. The van der Waals surface area contributed by atoms with Crippen LogP contribution < -0.4 is 15.4 Å². The molecule has 7 rings (SSSR count). The van der Waals surface area contributed by atoms with E-state index in [2.05, 4.69) is 75.8 Å². The zero-order valence-electron chi connectivity index (χ0n) is 20.8. The summed E-state index contributed by atoms with van der Waals surface area (Å²) in [6.45, 7) is 6.67. The van der Waals surface area contributed by atoms with Gasteiger partial charge in [0.25, 0.3) is 0 Å². The van der Waals surface area contributed by atoms with Gasteiger partial charge in [0.05, 0.1) is 29.8 Å². The van der Waals surface area contributed by atoms with Gasteiger partial charge in [0.2, 0.25) is 0 Å². The predicted molar refractivity (Wildman–Crippen MR) is 140 cm³/mol. The average Bonchev–Trinajstić information content (AvgIpc) is 3.70. The van der Waals surface area contributed by atoms with E-state index in [1.54, 1.807) is 0 Å². The van der Waals surface area contributed by atoms with Gasteiger partial charge in [-0.25, -0.2) is 9.97 Å². The highest BCUT2D eigenvalue weighted by atomic mass is 16.5. The number of hydrogen-bond donors (Lipinski definition) is 4. The summed E-state index contributed by atoms with van der Waals surface area (Å²) in [6, 6.07) is 13.6. The Morgan fingerprint density at radius 2 is 1.61 bits per heavy atom. The lowest BCUT2D eigenvalue weighted by molar-refractivity contribution is 0.418. The van der Waals surface area contributed by atoms with Crippen molar-refractivity contribution in [2.45, 2.75) is 57.0 Å². The third-order valence-corrected chi connectivity index (χ3v) is 8.13. The van der Waals surface area contributed by atoms with E-state index in [0.717, 1.165) is 65.9 Å². The molecule has 2 unspecified atom stereocenters. The van der Waals surface area contributed by atoms with Gasteiger partial charge in [-0.15, -0.1) is 0 Å². The van der Waals surface area contributed by atoms with Crippen LogP contribution in [0.15, 0.2) is 48.8 Å². The Labute approximate surface area is 211 Å². The van der Waals surface area contributed by atoms with Gasteiger partial charge in [-0.1, -0.05) is 26.0 Å². The van der Waals surface area contributed by atoms with Crippen LogP contribution in [-0.2, 0) is 5.41 Å². The fourth-order valence-electron chi connectivity index (χ4n) is 6.00. The smallest absolute Gasteiger partial charge is 0.137 e. The minimum absolute atomic E-state index is 0.202. The molecule has 3 aliphatic heterocycles. The Kier molecular flexibility index (Phi) is 5.04. The minimum atomic E-state index is -0.202. The highest BCUT2D eigenvalue weighted by Crippen LogP contribution is 2.49. The number of fused-ring (bicyclic) bond motifs is 2. The molecule has 2 atom stereocenters. The average molecular weight is 481 g/mol. The highest BCUT2D eigenvalue weighted by Gasteiger charge is 2.35. The van der Waals surface area contributed by atoms with Crippen LogP contribution in [0.1, 0.15) is 74.3 Å². The monoisotopic (exact) mass is 480 g/mol. The third kappa shape index (κ3) is 3.57. The van der Waals surface area contributed by atoms with E-state index < -0.39 is 0 Å². The summed E-state index contributed by atoms with van der Waals surface area (Å²) >= 11 is 0. The summed E-state index contributed by atoms with van der Waals surface area (Å²) in [5, 5.41) is 7.06. The molecule has 0 radical (unpaired) electrons. The van der Waals surface area contributed by atoms with Crippen LogP contribution in [0.5, 0.6) is 11.5 Å². The van der Waals surface area contributed by atoms with Gasteiger partial charge in [-0.3, -0.25) is 0 Å². The number of H-pyrrole nitrogens is 2. The van der Waals surface area contributed by atoms with Crippen LogP contribution >= 0.6 is 0 Å². The maximum atomic E-state index is 6.47. The predicted octanol–water partition coefficient (Wildman–Crippen LogP) is 5.75. The molecule has 184 valence electrons. The van der Waals surface area contributed by atoms with Gasteiger partial charge in [-0.2, -0.15) is 0 Å². The van der Waals surface area contributed by atoms with Gasteiger partial charge in [0, 0.05) is 33.7 Å². The quantitative estimate of drug-likeness (QED) is 0.299. The summed E-state index contributed by atoms with van der Waals surface area (Å²) in [7, 11) is 0. The fraction of sp³-hybridized carbons (Fsp3) is 0.379. The van der Waals surface area contributed by atoms with Crippen molar-refractivity contribution in [2.24, 2.45) is 0 Å². The molecule has 0 amide bonds. The molecule has 36 heavy (non-hydrogen) atoms. The number of ether oxygens (including phenoxy) is 1. The molecule has 3 aliphatic rings. The SMILES string of the molecule is CC1(C)c2ccc(-c3cnc(C4CCCN4)[nH]3)cc2Oc2ccc(-c3ncc(C4CCCN4)[nH]3)cc21. The molecule has 2 aromatic carbocycles. The number of aromatic amines is 2. The molecule has 4 aromatic rings. The third-order valence-electron chi connectivity index (χ3n) is 8.13. The maximum absolute atomic E-state index is 6.47. The van der Waals surface area contributed by atoms with Gasteiger partial charge in [0.15, 0.2) is 0 Å². The topological polar surface area (TPSA) is 90.7 Å². The molecule has 4 N–H and O–H groups in total. The van der Waals surface area contributed by atoms with Crippen molar-refractivity contribution < 1.29 is 4.74 Å². The number of benzene rings is 2. The van der Waals surface area contributed by atoms with Crippen molar-refractivity contribution in [1.29, 1.82) is 0 Å². The lowest BCUT2D eigenvalue weighted by Gasteiger charge is -2.35. The van der Waals surface area contributed by atoms with Gasteiger partial charge < -0.3 is 25.3 Å². The first kappa shape index (κ1) is 21.8. The van der Waals surface area contributed by atoms with Crippen molar-refractivity contribution in [1.82, 2.24) is 30.6 Å². The molecule has 2 aromatic heterocycles. The van der Waals surface area contributed by atoms with Crippen molar-refractivity contribution in [3.05, 3.63) is 71.4 Å². The fourth-order valence-corrected chi connectivity index (χ4v) is 6.00. The largest absolute Gasteiger partial charge is 0.457 e. The first-order chi connectivity index (χ1) is 17.6. The summed E-state index contributed by atoms with van der Waals surface area (Å²) in [5.74, 6) is 3.73. The second-order valence-electron chi connectivity index (χ2n) is 10.8. The van der Waals surface area contributed by atoms with E-state index in [1.165, 1.54) is 29.7 Å². The van der Waals surface area contributed by atoms with Gasteiger partial charge in [0.1, 0.15) is 23.1 Å². The molecule has 2 saturated heterocycles. The molecule has 5 heterocycles. The van der Waals surface area contributed by atoms with Crippen LogP contribution in [-0.4, -0.2) is 33.0 Å². The zero-order valence-corrected chi connectivity index (χ0v) is 20.8. The van der Waals surface area contributed by atoms with E-state index in [9.17, 15) is 0 Å². The summed E-state index contributed by atoms with van der Waals surface area (Å²) in [4.78, 5) is 16.4. The number of aromatic nitrogens is 4. The van der Waals surface area contributed by atoms with E-state index in [0.29, 0.717) is 12.1 Å². The lowest BCUT2D eigenvalue weighted by atomic mass is 9.75. The Balaban J connectivity index is 1.19. The number of nitrogens with zero attached hydrogens (tertiary/aromatic N) is 2. The lowest BCUT2D eigenvalue weighted by Crippen LogP contribution is -2.24. The number of imidazole rings is 2. The number of hydrogen-bond acceptors (Lipinski definition) is 5. The normalized spacial score (nSPS) is 22.3. The summed E-state index contributed by atoms with van der Waals surface area (Å²) < 4.78 is 6.47. The molecule has 0 spiro atoms. The first-order valence-corrected chi connectivity index (χ1v) is 13.1. The van der Waals surface area contributed by atoms with Crippen LogP contribution in [0.25, 0.3) is 22.6 Å². The minimum Gasteiger partial charge on any atom is -0.457 e. The molecule has 7 heteroatoms. The van der Waals surface area contributed by atoms with E-state index in [-0.39, 0.29) is 5.41 Å². The van der Waals surface area contributed by atoms with Gasteiger partial charge >= 0.3 is 0 Å². The van der Waals surface area contributed by atoms with Crippen LogP contribution in [0.3, 0.4) is 0 Å². The van der Waals surface area contributed by atoms with Crippen molar-refractivity contribution in [3.8, 4) is 34.1 Å². The molecule has 0 aliphatic carbocycles. The van der Waals surface area contributed by atoms with Gasteiger partial charge in [-0.05, 0) is 63.0 Å². The highest BCUT2D eigenvalue weighted by molar-refractivity contribution is 5.69.